The van der Waals surface area contributed by atoms with Crippen LogP contribution in [0.15, 0.2) is 0 Å². The fraction of sp³-hybridized carbons (Fsp3) is 0.867. The highest BCUT2D eigenvalue weighted by molar-refractivity contribution is 6.00. The lowest BCUT2D eigenvalue weighted by Crippen LogP contribution is -2.55. The van der Waals surface area contributed by atoms with Crippen molar-refractivity contribution in [1.82, 2.24) is 15.5 Å². The fourth-order valence-corrected chi connectivity index (χ4v) is 4.08. The number of carbonyl (C=O) groups excluding carboxylic acids is 2. The van der Waals surface area contributed by atoms with Gasteiger partial charge in [0.1, 0.15) is 0 Å². The van der Waals surface area contributed by atoms with Gasteiger partial charge in [-0.05, 0) is 44.6 Å². The highest BCUT2D eigenvalue weighted by Crippen LogP contribution is 2.32. The topological polar surface area (TPSA) is 61.4 Å². The van der Waals surface area contributed by atoms with Gasteiger partial charge >= 0.3 is 0 Å². The van der Waals surface area contributed by atoms with E-state index in [0.29, 0.717) is 30.8 Å². The largest absolute Gasteiger partial charge is 0.314 e. The summed E-state index contributed by atoms with van der Waals surface area (Å²) in [5.74, 6) is 0.549. The third kappa shape index (κ3) is 2.61. The molecule has 0 radical (unpaired) electrons. The van der Waals surface area contributed by atoms with Gasteiger partial charge in [-0.15, -0.1) is 0 Å². The first-order chi connectivity index (χ1) is 9.66. The lowest BCUT2D eigenvalue weighted by atomic mass is 9.91. The quantitative estimate of drug-likeness (QED) is 0.745. The number of imide groups is 1. The molecule has 1 saturated carbocycles. The van der Waals surface area contributed by atoms with Crippen molar-refractivity contribution in [1.29, 1.82) is 0 Å². The van der Waals surface area contributed by atoms with Crippen LogP contribution in [0.4, 0.5) is 0 Å². The van der Waals surface area contributed by atoms with Crippen molar-refractivity contribution < 1.29 is 9.59 Å². The summed E-state index contributed by atoms with van der Waals surface area (Å²) in [6.07, 6.45) is 7.33. The molecule has 0 spiro atoms. The fourth-order valence-electron chi connectivity index (χ4n) is 4.08. The predicted molar refractivity (Wildman–Crippen MR) is 76.1 cm³/mol. The highest BCUT2D eigenvalue weighted by Gasteiger charge is 2.39. The van der Waals surface area contributed by atoms with E-state index >= 15 is 0 Å². The molecule has 0 bridgehead atoms. The zero-order chi connectivity index (χ0) is 14.1. The molecule has 1 aliphatic carbocycles. The Morgan fingerprint density at radius 1 is 1.15 bits per heavy atom. The second-order valence-electron chi connectivity index (χ2n) is 6.45. The van der Waals surface area contributed by atoms with E-state index in [0.717, 1.165) is 13.0 Å². The molecular weight excluding hydrogens is 254 g/mol. The lowest BCUT2D eigenvalue weighted by molar-refractivity contribution is -0.148. The summed E-state index contributed by atoms with van der Waals surface area (Å²) in [5.41, 5.74) is 0. The van der Waals surface area contributed by atoms with Crippen LogP contribution in [0.5, 0.6) is 0 Å². The van der Waals surface area contributed by atoms with Crippen LogP contribution in [0, 0.1) is 5.92 Å². The summed E-state index contributed by atoms with van der Waals surface area (Å²) in [7, 11) is 1.60. The Morgan fingerprint density at radius 2 is 2.00 bits per heavy atom. The number of carbonyl (C=O) groups is 2. The Morgan fingerprint density at radius 3 is 2.75 bits per heavy atom. The van der Waals surface area contributed by atoms with E-state index in [1.165, 1.54) is 30.6 Å². The van der Waals surface area contributed by atoms with E-state index in [1.54, 1.807) is 7.05 Å². The Balaban J connectivity index is 1.61. The van der Waals surface area contributed by atoms with Gasteiger partial charge < -0.3 is 10.6 Å². The number of likely N-dealkylation sites (tertiary alicyclic amines) is 1. The first kappa shape index (κ1) is 14.0. The third-order valence-electron chi connectivity index (χ3n) is 5.25. The van der Waals surface area contributed by atoms with Crippen molar-refractivity contribution in [3.05, 3.63) is 0 Å². The lowest BCUT2D eigenvalue weighted by Gasteiger charge is -2.33. The van der Waals surface area contributed by atoms with E-state index in [4.69, 9.17) is 0 Å². The van der Waals surface area contributed by atoms with E-state index in [1.807, 2.05) is 0 Å². The van der Waals surface area contributed by atoms with Crippen molar-refractivity contribution >= 4 is 11.8 Å². The summed E-state index contributed by atoms with van der Waals surface area (Å²) in [6, 6.07) is 0.888. The molecule has 2 amide bonds. The maximum absolute atomic E-state index is 12.2. The molecule has 3 rings (SSSR count). The van der Waals surface area contributed by atoms with Crippen LogP contribution in [0.3, 0.4) is 0 Å². The van der Waals surface area contributed by atoms with E-state index in [-0.39, 0.29) is 17.9 Å². The Bertz CT molecular complexity index is 393. The Kier molecular flexibility index (Phi) is 4.08. The smallest absolute Gasteiger partial charge is 0.246 e. The Hall–Kier alpha value is -0.940. The summed E-state index contributed by atoms with van der Waals surface area (Å²) in [6.45, 7) is 1.13. The number of piperidine rings is 1. The monoisotopic (exact) mass is 279 g/mol. The average molecular weight is 279 g/mol. The number of amides is 2. The maximum Gasteiger partial charge on any atom is 0.246 e. The van der Waals surface area contributed by atoms with E-state index in [2.05, 4.69) is 10.6 Å². The zero-order valence-electron chi connectivity index (χ0n) is 12.2. The molecule has 2 N–H and O–H groups in total. The van der Waals surface area contributed by atoms with Crippen LogP contribution in [0.2, 0.25) is 0 Å². The van der Waals surface area contributed by atoms with Crippen LogP contribution in [-0.2, 0) is 9.59 Å². The minimum atomic E-state index is -0.162. The van der Waals surface area contributed by atoms with Gasteiger partial charge in [0.25, 0.3) is 0 Å². The molecule has 0 aromatic heterocycles. The van der Waals surface area contributed by atoms with Gasteiger partial charge in [-0.2, -0.15) is 0 Å². The first-order valence-corrected chi connectivity index (χ1v) is 7.96. The number of hydrogen-bond donors (Lipinski definition) is 2. The highest BCUT2D eigenvalue weighted by atomic mass is 16.2. The molecule has 112 valence electrons. The summed E-state index contributed by atoms with van der Waals surface area (Å²) < 4.78 is 0. The van der Waals surface area contributed by atoms with Gasteiger partial charge in [0.05, 0.1) is 6.04 Å². The molecule has 2 aliphatic heterocycles. The van der Waals surface area contributed by atoms with Gasteiger partial charge in [-0.25, -0.2) is 0 Å². The number of likely N-dealkylation sites (N-methyl/N-ethyl adjacent to an activating group) is 1. The van der Waals surface area contributed by atoms with E-state index in [9.17, 15) is 9.59 Å². The molecule has 5 nitrogen and oxygen atoms in total. The molecule has 2 heterocycles. The average Bonchev–Trinajstić information content (AvgIpc) is 3.09. The van der Waals surface area contributed by atoms with Crippen LogP contribution < -0.4 is 10.6 Å². The van der Waals surface area contributed by atoms with Gasteiger partial charge in [-0.3, -0.25) is 14.5 Å². The molecule has 0 aromatic carbocycles. The minimum absolute atomic E-state index is 0.0477. The van der Waals surface area contributed by atoms with Crippen LogP contribution >= 0.6 is 0 Å². The third-order valence-corrected chi connectivity index (χ3v) is 5.25. The zero-order valence-corrected chi connectivity index (χ0v) is 12.2. The molecule has 3 fully saturated rings. The van der Waals surface area contributed by atoms with Crippen molar-refractivity contribution in [2.45, 2.75) is 63.1 Å². The normalized spacial score (nSPS) is 38.8. The Labute approximate surface area is 120 Å². The number of rotatable bonds is 3. The number of nitrogens with zero attached hydrogens (tertiary/aromatic N) is 1. The maximum atomic E-state index is 12.2. The van der Waals surface area contributed by atoms with E-state index < -0.39 is 0 Å². The molecule has 20 heavy (non-hydrogen) atoms. The second kappa shape index (κ2) is 5.82. The summed E-state index contributed by atoms with van der Waals surface area (Å²) >= 11 is 0. The predicted octanol–water partition coefficient (Wildman–Crippen LogP) is 0.644. The van der Waals surface area contributed by atoms with Crippen LogP contribution in [0.25, 0.3) is 0 Å². The standard InChI is InChI=1S/C15H25N3O2/c1-18-14(19)8-7-13(15(18)20)17-12-5-2-4-10(12)11-6-3-9-16-11/h10-13,16-17H,2-9H2,1H3. The number of hydrogen-bond acceptors (Lipinski definition) is 4. The first-order valence-electron chi connectivity index (χ1n) is 7.96. The molecule has 2 saturated heterocycles. The molecule has 4 unspecified atom stereocenters. The van der Waals surface area contributed by atoms with Crippen molar-refractivity contribution in [2.75, 3.05) is 13.6 Å². The molecule has 4 atom stereocenters. The summed E-state index contributed by atoms with van der Waals surface area (Å²) in [4.78, 5) is 25.0. The summed E-state index contributed by atoms with van der Waals surface area (Å²) in [5, 5.41) is 7.17. The van der Waals surface area contributed by atoms with Gasteiger partial charge in [0.15, 0.2) is 0 Å². The van der Waals surface area contributed by atoms with Gasteiger partial charge in [-0.1, -0.05) is 6.42 Å². The SMILES string of the molecule is CN1C(=O)CCC(NC2CCCC2C2CCCN2)C1=O. The van der Waals surface area contributed by atoms with Crippen molar-refractivity contribution in [3.8, 4) is 0 Å². The molecule has 3 aliphatic rings. The minimum Gasteiger partial charge on any atom is -0.314 e. The second-order valence-corrected chi connectivity index (χ2v) is 6.45. The van der Waals surface area contributed by atoms with Crippen LogP contribution in [-0.4, -0.2) is 48.4 Å². The van der Waals surface area contributed by atoms with Crippen LogP contribution in [0.1, 0.15) is 44.9 Å². The molecular formula is C15H25N3O2. The molecule has 0 aromatic rings. The molecule has 5 heteroatoms. The van der Waals surface area contributed by atoms with Crippen molar-refractivity contribution in [3.63, 3.8) is 0 Å². The number of nitrogens with one attached hydrogen (secondary N) is 2. The van der Waals surface area contributed by atoms with Gasteiger partial charge in [0.2, 0.25) is 11.8 Å². The van der Waals surface area contributed by atoms with Gasteiger partial charge in [0, 0.05) is 25.6 Å². The van der Waals surface area contributed by atoms with Crippen molar-refractivity contribution in [2.24, 2.45) is 5.92 Å².